The van der Waals surface area contributed by atoms with E-state index in [9.17, 15) is 5.11 Å². The predicted molar refractivity (Wildman–Crippen MR) is 75.2 cm³/mol. The molecule has 0 aliphatic heterocycles. The number of rotatable bonds is 3. The van der Waals surface area contributed by atoms with Gasteiger partial charge in [-0.15, -0.1) is 0 Å². The molecule has 3 atom stereocenters. The van der Waals surface area contributed by atoms with Crippen molar-refractivity contribution in [2.45, 2.75) is 38.9 Å². The van der Waals surface area contributed by atoms with Crippen LogP contribution in [0.5, 0.6) is 5.75 Å². The minimum absolute atomic E-state index is 0.0914. The fraction of sp³-hybridized carbons (Fsp3) is 0.438. The van der Waals surface area contributed by atoms with E-state index >= 15 is 0 Å². The van der Waals surface area contributed by atoms with Gasteiger partial charge < -0.3 is 9.84 Å². The van der Waals surface area contributed by atoms with Crippen LogP contribution in [-0.2, 0) is 0 Å². The third kappa shape index (κ3) is 1.98. The summed E-state index contributed by atoms with van der Waals surface area (Å²) in [5.74, 6) is 0.836. The fourth-order valence-electron chi connectivity index (χ4n) is 2.73. The van der Waals surface area contributed by atoms with Crippen LogP contribution >= 0.6 is 0 Å². The lowest BCUT2D eigenvalue weighted by Gasteiger charge is -2.50. The molecule has 0 spiro atoms. The highest BCUT2D eigenvalue weighted by Crippen LogP contribution is 2.46. The first-order valence-electron chi connectivity index (χ1n) is 6.83. The topological polar surface area (TPSA) is 42.4 Å². The van der Waals surface area contributed by atoms with Crippen LogP contribution in [0.2, 0.25) is 0 Å². The van der Waals surface area contributed by atoms with Crippen LogP contribution in [-0.4, -0.2) is 22.3 Å². The molecular formula is C16H19NO2. The number of aliphatic hydroxyl groups excluding tert-OH is 1. The summed E-state index contributed by atoms with van der Waals surface area (Å²) in [5, 5.41) is 11.0. The molecule has 3 nitrogen and oxygen atoms in total. The van der Waals surface area contributed by atoms with Crippen molar-refractivity contribution in [1.29, 1.82) is 0 Å². The minimum Gasteiger partial charge on any atom is -0.490 e. The van der Waals surface area contributed by atoms with E-state index in [1.165, 1.54) is 0 Å². The average Bonchev–Trinajstić information content (AvgIpc) is 2.46. The van der Waals surface area contributed by atoms with Crippen LogP contribution in [0.3, 0.4) is 0 Å². The first kappa shape index (κ1) is 12.4. The third-order valence-electron chi connectivity index (χ3n) is 4.55. The van der Waals surface area contributed by atoms with Crippen LogP contribution in [0.1, 0.15) is 26.7 Å². The zero-order valence-corrected chi connectivity index (χ0v) is 11.3. The van der Waals surface area contributed by atoms with Gasteiger partial charge in [-0.1, -0.05) is 19.9 Å². The van der Waals surface area contributed by atoms with Gasteiger partial charge in [0, 0.05) is 29.5 Å². The number of pyridine rings is 1. The van der Waals surface area contributed by atoms with Gasteiger partial charge in [-0.2, -0.15) is 0 Å². The fourth-order valence-corrected chi connectivity index (χ4v) is 2.73. The number of hydrogen-bond acceptors (Lipinski definition) is 3. The van der Waals surface area contributed by atoms with Gasteiger partial charge in [0.1, 0.15) is 11.9 Å². The van der Waals surface area contributed by atoms with E-state index < -0.39 is 0 Å². The molecule has 3 unspecified atom stereocenters. The molecule has 0 saturated heterocycles. The molecule has 1 fully saturated rings. The van der Waals surface area contributed by atoms with Gasteiger partial charge in [-0.3, -0.25) is 4.98 Å². The van der Waals surface area contributed by atoms with Crippen LogP contribution < -0.4 is 4.74 Å². The summed E-state index contributed by atoms with van der Waals surface area (Å²) in [6, 6.07) is 9.94. The quantitative estimate of drug-likeness (QED) is 0.918. The van der Waals surface area contributed by atoms with E-state index in [0.29, 0.717) is 6.42 Å². The van der Waals surface area contributed by atoms with Crippen LogP contribution in [0.25, 0.3) is 10.9 Å². The molecule has 19 heavy (non-hydrogen) atoms. The smallest absolute Gasteiger partial charge is 0.121 e. The maximum Gasteiger partial charge on any atom is 0.121 e. The second-order valence-electron chi connectivity index (χ2n) is 5.58. The Labute approximate surface area is 113 Å². The Morgan fingerprint density at radius 1 is 1.42 bits per heavy atom. The first-order valence-corrected chi connectivity index (χ1v) is 6.83. The van der Waals surface area contributed by atoms with Gasteiger partial charge in [0.2, 0.25) is 0 Å². The van der Waals surface area contributed by atoms with Crippen molar-refractivity contribution in [2.24, 2.45) is 5.41 Å². The number of fused-ring (bicyclic) bond motifs is 1. The van der Waals surface area contributed by atoms with Crippen LogP contribution in [0.4, 0.5) is 0 Å². The van der Waals surface area contributed by atoms with Crippen molar-refractivity contribution in [3.05, 3.63) is 36.5 Å². The van der Waals surface area contributed by atoms with Crippen LogP contribution in [0, 0.1) is 5.41 Å². The molecule has 1 aromatic carbocycles. The molecule has 1 N–H and O–H groups in total. The lowest BCUT2D eigenvalue weighted by molar-refractivity contribution is -0.147. The standard InChI is InChI=1S/C16H19NO2/c1-3-16(2)14(18)10-15(16)19-12-7-6-11-5-4-8-17-13(11)9-12/h4-9,14-15,18H,3,10H2,1-2H3. The highest BCUT2D eigenvalue weighted by molar-refractivity contribution is 5.79. The molecule has 0 amide bonds. The van der Waals surface area contributed by atoms with E-state index in [1.807, 2.05) is 30.3 Å². The second-order valence-corrected chi connectivity index (χ2v) is 5.58. The van der Waals surface area contributed by atoms with Gasteiger partial charge >= 0.3 is 0 Å². The first-order chi connectivity index (χ1) is 9.13. The van der Waals surface area contributed by atoms with E-state index in [0.717, 1.165) is 23.1 Å². The normalized spacial score (nSPS) is 30.1. The summed E-state index contributed by atoms with van der Waals surface area (Å²) in [4.78, 5) is 4.34. The SMILES string of the molecule is CCC1(C)C(O)CC1Oc1ccc2cccnc2c1. The summed E-state index contributed by atoms with van der Waals surface area (Å²) in [6.07, 6.45) is 3.26. The van der Waals surface area contributed by atoms with E-state index in [1.54, 1.807) is 6.20 Å². The second kappa shape index (κ2) is 4.49. The predicted octanol–water partition coefficient (Wildman–Crippen LogP) is 3.16. The number of aromatic nitrogens is 1. The van der Waals surface area contributed by atoms with Gasteiger partial charge in [0.25, 0.3) is 0 Å². The largest absolute Gasteiger partial charge is 0.490 e. The average molecular weight is 257 g/mol. The van der Waals surface area contributed by atoms with Crippen molar-refractivity contribution in [1.82, 2.24) is 4.98 Å². The van der Waals surface area contributed by atoms with Crippen molar-refractivity contribution in [3.8, 4) is 5.75 Å². The van der Waals surface area contributed by atoms with Crippen molar-refractivity contribution in [3.63, 3.8) is 0 Å². The van der Waals surface area contributed by atoms with Gasteiger partial charge in [-0.05, 0) is 24.6 Å². The monoisotopic (exact) mass is 257 g/mol. The summed E-state index contributed by atoms with van der Waals surface area (Å²) in [7, 11) is 0. The highest BCUT2D eigenvalue weighted by atomic mass is 16.5. The number of benzene rings is 1. The number of ether oxygens (including phenoxy) is 1. The number of aliphatic hydroxyl groups is 1. The van der Waals surface area contributed by atoms with Gasteiger partial charge in [-0.25, -0.2) is 0 Å². The summed E-state index contributed by atoms with van der Waals surface area (Å²) in [6.45, 7) is 4.19. The van der Waals surface area contributed by atoms with Gasteiger partial charge in [0.05, 0.1) is 11.6 Å². The van der Waals surface area contributed by atoms with Crippen molar-refractivity contribution >= 4 is 10.9 Å². The number of nitrogens with zero attached hydrogens (tertiary/aromatic N) is 1. The lowest BCUT2D eigenvalue weighted by Crippen LogP contribution is -2.57. The molecule has 1 heterocycles. The maximum absolute atomic E-state index is 9.89. The zero-order valence-electron chi connectivity index (χ0n) is 11.3. The molecule has 1 saturated carbocycles. The molecule has 1 aliphatic carbocycles. The molecule has 1 aliphatic rings. The molecule has 1 aromatic heterocycles. The molecule has 0 bridgehead atoms. The van der Waals surface area contributed by atoms with E-state index in [2.05, 4.69) is 18.8 Å². The Balaban J connectivity index is 1.82. The van der Waals surface area contributed by atoms with Gasteiger partial charge in [0.15, 0.2) is 0 Å². The molecule has 2 aromatic rings. The summed E-state index contributed by atoms with van der Waals surface area (Å²) < 4.78 is 6.04. The summed E-state index contributed by atoms with van der Waals surface area (Å²) >= 11 is 0. The minimum atomic E-state index is -0.249. The maximum atomic E-state index is 9.89. The zero-order chi connectivity index (χ0) is 13.5. The molecular weight excluding hydrogens is 238 g/mol. The Morgan fingerprint density at radius 2 is 2.26 bits per heavy atom. The molecule has 3 rings (SSSR count). The Morgan fingerprint density at radius 3 is 3.00 bits per heavy atom. The van der Waals surface area contributed by atoms with E-state index in [4.69, 9.17) is 4.74 Å². The van der Waals surface area contributed by atoms with Crippen molar-refractivity contribution in [2.75, 3.05) is 0 Å². The summed E-state index contributed by atoms with van der Waals surface area (Å²) in [5.41, 5.74) is 0.817. The van der Waals surface area contributed by atoms with E-state index in [-0.39, 0.29) is 17.6 Å². The lowest BCUT2D eigenvalue weighted by atomic mass is 9.63. The molecule has 0 radical (unpaired) electrons. The Kier molecular flexibility index (Phi) is 2.94. The van der Waals surface area contributed by atoms with Crippen molar-refractivity contribution < 1.29 is 9.84 Å². The molecule has 3 heteroatoms. The number of hydrogen-bond donors (Lipinski definition) is 1. The Bertz CT molecular complexity index is 598. The highest BCUT2D eigenvalue weighted by Gasteiger charge is 2.51. The van der Waals surface area contributed by atoms with Crippen LogP contribution in [0.15, 0.2) is 36.5 Å². The Hall–Kier alpha value is -1.61. The third-order valence-corrected chi connectivity index (χ3v) is 4.55. The molecule has 100 valence electrons.